The van der Waals surface area contributed by atoms with Crippen LogP contribution in [0.1, 0.15) is 15.9 Å². The van der Waals surface area contributed by atoms with E-state index in [1.165, 1.54) is 11.3 Å². The fraction of sp³-hybridized carbons (Fsp3) is 0. The lowest BCUT2D eigenvalue weighted by Gasteiger charge is -1.99. The molecule has 2 heterocycles. The Morgan fingerprint density at radius 1 is 1.16 bits per heavy atom. The zero-order valence-electron chi connectivity index (χ0n) is 9.34. The third kappa shape index (κ3) is 2.17. The monoisotopic (exact) mass is 329 g/mol. The molecule has 96 valence electrons. The van der Waals surface area contributed by atoms with Crippen LogP contribution in [-0.4, -0.2) is 10.8 Å². The molecule has 0 saturated heterocycles. The van der Waals surface area contributed by atoms with E-state index in [0.29, 0.717) is 30.2 Å². The van der Waals surface area contributed by atoms with Gasteiger partial charge in [0, 0.05) is 22.7 Å². The van der Waals surface area contributed by atoms with E-state index in [0.717, 1.165) is 5.52 Å². The molecule has 0 bridgehead atoms. The number of H-pyrrole nitrogens is 1. The summed E-state index contributed by atoms with van der Waals surface area (Å²) in [4.78, 5) is 15.5. The predicted molar refractivity (Wildman–Crippen MR) is 81.1 cm³/mol. The molecule has 6 heteroatoms. The fourth-order valence-corrected chi connectivity index (χ4v) is 3.69. The number of halogens is 3. The third-order valence-corrected chi connectivity index (χ3v) is 4.60. The molecule has 2 nitrogen and oxygen atoms in total. The Morgan fingerprint density at radius 2 is 1.95 bits per heavy atom. The number of rotatable bonds is 2. The number of hydrogen-bond acceptors (Lipinski definition) is 2. The third-order valence-electron chi connectivity index (χ3n) is 2.80. The van der Waals surface area contributed by atoms with Gasteiger partial charge in [-0.2, -0.15) is 0 Å². The maximum Gasteiger partial charge on any atom is 0.197 e. The second kappa shape index (κ2) is 4.84. The first-order chi connectivity index (χ1) is 9.08. The minimum absolute atomic E-state index is 0.187. The second-order valence-electron chi connectivity index (χ2n) is 3.93. The van der Waals surface area contributed by atoms with Gasteiger partial charge < -0.3 is 4.98 Å². The number of hydrogen-bond donors (Lipinski definition) is 1. The molecule has 3 aromatic rings. The standard InChI is InChI=1S/C13H6Cl3NOS/c14-8-2-1-3-9-11(8)7(5-17-9)12(18)6-4-10(15)19-13(6)16/h1-5,17H. The summed E-state index contributed by atoms with van der Waals surface area (Å²) in [5.74, 6) is -0.187. The first kappa shape index (κ1) is 13.0. The summed E-state index contributed by atoms with van der Waals surface area (Å²) < 4.78 is 0.871. The Bertz CT molecular complexity index is 790. The summed E-state index contributed by atoms with van der Waals surface area (Å²) in [6.45, 7) is 0. The summed E-state index contributed by atoms with van der Waals surface area (Å²) >= 11 is 19.2. The van der Waals surface area contributed by atoms with E-state index >= 15 is 0 Å². The van der Waals surface area contributed by atoms with Gasteiger partial charge in [0.2, 0.25) is 0 Å². The molecule has 0 aliphatic heterocycles. The number of ketones is 1. The Balaban J connectivity index is 2.20. The first-order valence-corrected chi connectivity index (χ1v) is 7.28. The number of benzene rings is 1. The quantitative estimate of drug-likeness (QED) is 0.625. The zero-order valence-corrected chi connectivity index (χ0v) is 12.4. The molecule has 1 aromatic carbocycles. The molecule has 2 aromatic heterocycles. The number of aromatic nitrogens is 1. The molecule has 0 fully saturated rings. The van der Waals surface area contributed by atoms with Gasteiger partial charge in [0.25, 0.3) is 0 Å². The average Bonchev–Trinajstić information content (AvgIpc) is 2.93. The molecule has 0 spiro atoms. The summed E-state index contributed by atoms with van der Waals surface area (Å²) in [6, 6.07) is 7.01. The van der Waals surface area contributed by atoms with Gasteiger partial charge in [-0.15, -0.1) is 11.3 Å². The number of aromatic amines is 1. The van der Waals surface area contributed by atoms with Crippen molar-refractivity contribution in [3.05, 3.63) is 55.3 Å². The Kier molecular flexibility index (Phi) is 3.31. The van der Waals surface area contributed by atoms with Gasteiger partial charge >= 0.3 is 0 Å². The van der Waals surface area contributed by atoms with Gasteiger partial charge in [0.1, 0.15) is 4.34 Å². The summed E-state index contributed by atoms with van der Waals surface area (Å²) in [5, 5.41) is 1.23. The van der Waals surface area contributed by atoms with Gasteiger partial charge in [-0.05, 0) is 18.2 Å². The van der Waals surface area contributed by atoms with Crippen molar-refractivity contribution in [1.82, 2.24) is 4.98 Å². The van der Waals surface area contributed by atoms with Crippen molar-refractivity contribution < 1.29 is 4.79 Å². The maximum atomic E-state index is 12.5. The van der Waals surface area contributed by atoms with Crippen LogP contribution in [0.5, 0.6) is 0 Å². The van der Waals surface area contributed by atoms with E-state index in [2.05, 4.69) is 4.98 Å². The van der Waals surface area contributed by atoms with Crippen LogP contribution in [0.2, 0.25) is 13.7 Å². The highest BCUT2D eigenvalue weighted by Crippen LogP contribution is 2.35. The van der Waals surface area contributed by atoms with E-state index < -0.39 is 0 Å². The minimum atomic E-state index is -0.187. The molecule has 19 heavy (non-hydrogen) atoms. The highest BCUT2D eigenvalue weighted by atomic mass is 35.5. The lowest BCUT2D eigenvalue weighted by atomic mass is 10.1. The van der Waals surface area contributed by atoms with Crippen LogP contribution < -0.4 is 0 Å². The molecule has 1 N–H and O–H groups in total. The first-order valence-electron chi connectivity index (χ1n) is 5.33. The van der Waals surface area contributed by atoms with Crippen molar-refractivity contribution in [1.29, 1.82) is 0 Å². The van der Waals surface area contributed by atoms with Crippen molar-refractivity contribution in [3.8, 4) is 0 Å². The molecule has 0 unspecified atom stereocenters. The second-order valence-corrected chi connectivity index (χ2v) is 6.62. The van der Waals surface area contributed by atoms with Gasteiger partial charge in [0.15, 0.2) is 5.78 Å². The normalized spacial score (nSPS) is 11.1. The van der Waals surface area contributed by atoms with Crippen molar-refractivity contribution in [2.75, 3.05) is 0 Å². The highest BCUT2D eigenvalue weighted by molar-refractivity contribution is 7.20. The van der Waals surface area contributed by atoms with Crippen molar-refractivity contribution in [2.45, 2.75) is 0 Å². The van der Waals surface area contributed by atoms with Crippen LogP contribution in [-0.2, 0) is 0 Å². The van der Waals surface area contributed by atoms with E-state index in [1.54, 1.807) is 18.3 Å². The van der Waals surface area contributed by atoms with Gasteiger partial charge in [-0.1, -0.05) is 40.9 Å². The van der Waals surface area contributed by atoms with E-state index in [-0.39, 0.29) is 5.78 Å². The molecule has 0 atom stereocenters. The van der Waals surface area contributed by atoms with Crippen LogP contribution in [0.3, 0.4) is 0 Å². The Morgan fingerprint density at radius 3 is 2.63 bits per heavy atom. The summed E-state index contributed by atoms with van der Waals surface area (Å²) in [5.41, 5.74) is 1.71. The number of nitrogens with one attached hydrogen (secondary N) is 1. The molecule has 0 amide bonds. The maximum absolute atomic E-state index is 12.5. The van der Waals surface area contributed by atoms with Crippen LogP contribution in [0, 0.1) is 0 Å². The van der Waals surface area contributed by atoms with Crippen LogP contribution in [0.25, 0.3) is 10.9 Å². The topological polar surface area (TPSA) is 32.9 Å². The Labute approximate surface area is 127 Å². The van der Waals surface area contributed by atoms with Crippen LogP contribution in [0.15, 0.2) is 30.5 Å². The number of carbonyl (C=O) groups is 1. The van der Waals surface area contributed by atoms with Crippen molar-refractivity contribution >= 4 is 62.8 Å². The number of carbonyl (C=O) groups excluding carboxylic acids is 1. The smallest absolute Gasteiger partial charge is 0.197 e. The van der Waals surface area contributed by atoms with E-state index in [9.17, 15) is 4.79 Å². The number of thiophene rings is 1. The largest absolute Gasteiger partial charge is 0.360 e. The lowest BCUT2D eigenvalue weighted by molar-refractivity contribution is 0.104. The van der Waals surface area contributed by atoms with Gasteiger partial charge in [-0.25, -0.2) is 0 Å². The van der Waals surface area contributed by atoms with Gasteiger partial charge in [-0.3, -0.25) is 4.79 Å². The molecular formula is C13H6Cl3NOS. The SMILES string of the molecule is O=C(c1cc(Cl)sc1Cl)c1c[nH]c2cccc(Cl)c12. The molecule has 0 radical (unpaired) electrons. The molecule has 3 rings (SSSR count). The average molecular weight is 331 g/mol. The van der Waals surface area contributed by atoms with Crippen molar-refractivity contribution in [3.63, 3.8) is 0 Å². The lowest BCUT2D eigenvalue weighted by Crippen LogP contribution is -1.99. The number of fused-ring (bicyclic) bond motifs is 1. The summed E-state index contributed by atoms with van der Waals surface area (Å²) in [7, 11) is 0. The molecule has 0 aliphatic rings. The molecule has 0 aliphatic carbocycles. The van der Waals surface area contributed by atoms with Crippen molar-refractivity contribution in [2.24, 2.45) is 0 Å². The fourth-order valence-electron chi connectivity index (χ4n) is 1.96. The molecule has 0 saturated carbocycles. The summed E-state index contributed by atoms with van der Waals surface area (Å²) in [6.07, 6.45) is 1.64. The zero-order chi connectivity index (χ0) is 13.6. The van der Waals surface area contributed by atoms with Crippen LogP contribution in [0.4, 0.5) is 0 Å². The van der Waals surface area contributed by atoms with Gasteiger partial charge in [0.05, 0.1) is 14.9 Å². The predicted octanol–water partition coefficient (Wildman–Crippen LogP) is 5.42. The Hall–Kier alpha value is -1.00. The highest BCUT2D eigenvalue weighted by Gasteiger charge is 2.20. The minimum Gasteiger partial charge on any atom is -0.360 e. The van der Waals surface area contributed by atoms with E-state index in [1.807, 2.05) is 12.1 Å². The van der Waals surface area contributed by atoms with Crippen LogP contribution >= 0.6 is 46.1 Å². The van der Waals surface area contributed by atoms with E-state index in [4.69, 9.17) is 34.8 Å². The molecular weight excluding hydrogens is 325 g/mol.